The molecule has 12 heavy (non-hydrogen) atoms. The van der Waals surface area contributed by atoms with Crippen molar-refractivity contribution < 1.29 is 9.90 Å². The Kier molecular flexibility index (Phi) is 2.75. The molecule has 0 amide bonds. The van der Waals surface area contributed by atoms with Gasteiger partial charge in [-0.2, -0.15) is 0 Å². The number of Topliss-reactive ketones (excluding diaryl/α,β-unsaturated/α-hetero) is 1. The van der Waals surface area contributed by atoms with Gasteiger partial charge in [-0.1, -0.05) is 11.6 Å². The monoisotopic (exact) mass is 248 g/mol. The number of carbonyl (C=O) groups excluding carboxylic acids is 1. The lowest BCUT2D eigenvalue weighted by Gasteiger charge is -2.01. The van der Waals surface area contributed by atoms with Gasteiger partial charge in [-0.05, 0) is 35.0 Å². The first-order valence-electron chi connectivity index (χ1n) is 3.21. The molecule has 0 radical (unpaired) electrons. The minimum atomic E-state index is -0.109. The Morgan fingerprint density at radius 1 is 1.58 bits per heavy atom. The van der Waals surface area contributed by atoms with E-state index in [-0.39, 0.29) is 16.6 Å². The number of hydrogen-bond acceptors (Lipinski definition) is 2. The maximum absolute atomic E-state index is 10.9. The number of phenolic OH excluding ortho intramolecular Hbond substituents is 1. The average Bonchev–Trinajstić information content (AvgIpc) is 1.99. The largest absolute Gasteiger partial charge is 0.506 e. The van der Waals surface area contributed by atoms with Gasteiger partial charge < -0.3 is 5.11 Å². The zero-order valence-electron chi connectivity index (χ0n) is 6.27. The van der Waals surface area contributed by atoms with Crippen LogP contribution in [0.4, 0.5) is 0 Å². The van der Waals surface area contributed by atoms with Gasteiger partial charge in [0.25, 0.3) is 0 Å². The molecular weight excluding hydrogens is 243 g/mol. The third kappa shape index (κ3) is 1.79. The van der Waals surface area contributed by atoms with E-state index in [0.29, 0.717) is 10.0 Å². The van der Waals surface area contributed by atoms with Gasteiger partial charge in [0.05, 0.1) is 5.02 Å². The summed E-state index contributed by atoms with van der Waals surface area (Å²) in [5.74, 6) is -0.195. The van der Waals surface area contributed by atoms with Crippen molar-refractivity contribution in [2.45, 2.75) is 6.92 Å². The van der Waals surface area contributed by atoms with Gasteiger partial charge in [0, 0.05) is 10.0 Å². The summed E-state index contributed by atoms with van der Waals surface area (Å²) in [5.41, 5.74) is 0.434. The predicted octanol–water partition coefficient (Wildman–Crippen LogP) is 3.01. The lowest BCUT2D eigenvalue weighted by atomic mass is 10.1. The maximum Gasteiger partial charge on any atom is 0.159 e. The van der Waals surface area contributed by atoms with Crippen molar-refractivity contribution >= 4 is 33.3 Å². The number of halogens is 2. The summed E-state index contributed by atoms with van der Waals surface area (Å²) in [6, 6.07) is 2.92. The molecule has 0 aliphatic rings. The first-order valence-corrected chi connectivity index (χ1v) is 4.38. The van der Waals surface area contributed by atoms with Gasteiger partial charge >= 0.3 is 0 Å². The molecule has 4 heteroatoms. The molecule has 0 spiro atoms. The van der Waals surface area contributed by atoms with Gasteiger partial charge in [-0.25, -0.2) is 0 Å². The molecule has 64 valence electrons. The lowest BCUT2D eigenvalue weighted by Crippen LogP contribution is -1.91. The quantitative estimate of drug-likeness (QED) is 0.777. The Bertz CT molecular complexity index is 313. The molecule has 0 saturated carbocycles. The van der Waals surface area contributed by atoms with Gasteiger partial charge in [0.1, 0.15) is 5.75 Å². The first-order chi connectivity index (χ1) is 5.52. The van der Waals surface area contributed by atoms with Crippen LogP contribution in [0, 0.1) is 0 Å². The molecule has 0 aromatic heterocycles. The van der Waals surface area contributed by atoms with E-state index in [0.717, 1.165) is 0 Å². The number of hydrogen-bond donors (Lipinski definition) is 1. The summed E-state index contributed by atoms with van der Waals surface area (Å²) in [7, 11) is 0. The van der Waals surface area contributed by atoms with Crippen molar-refractivity contribution in [1.29, 1.82) is 0 Å². The van der Waals surface area contributed by atoms with Crippen LogP contribution in [0.1, 0.15) is 17.3 Å². The highest BCUT2D eigenvalue weighted by atomic mass is 79.9. The number of carbonyl (C=O) groups is 1. The minimum absolute atomic E-state index is 0.0868. The molecule has 0 unspecified atom stereocenters. The number of ketones is 1. The minimum Gasteiger partial charge on any atom is -0.506 e. The van der Waals surface area contributed by atoms with Crippen LogP contribution >= 0.6 is 27.5 Å². The van der Waals surface area contributed by atoms with Gasteiger partial charge in [-0.3, -0.25) is 4.79 Å². The Hall–Kier alpha value is -0.540. The summed E-state index contributed by atoms with van der Waals surface area (Å²) in [6.45, 7) is 1.43. The zero-order valence-corrected chi connectivity index (χ0v) is 8.61. The second kappa shape index (κ2) is 3.46. The lowest BCUT2D eigenvalue weighted by molar-refractivity contribution is 0.101. The van der Waals surface area contributed by atoms with Crippen LogP contribution in [0.3, 0.4) is 0 Å². The molecule has 1 aromatic rings. The van der Waals surface area contributed by atoms with Crippen molar-refractivity contribution in [2.75, 3.05) is 0 Å². The highest BCUT2D eigenvalue weighted by molar-refractivity contribution is 9.10. The van der Waals surface area contributed by atoms with E-state index in [9.17, 15) is 9.90 Å². The molecule has 1 aromatic carbocycles. The maximum atomic E-state index is 10.9. The van der Waals surface area contributed by atoms with E-state index >= 15 is 0 Å². The smallest absolute Gasteiger partial charge is 0.159 e. The van der Waals surface area contributed by atoms with Crippen molar-refractivity contribution in [3.05, 3.63) is 27.2 Å². The fraction of sp³-hybridized carbons (Fsp3) is 0.125. The number of rotatable bonds is 1. The Labute approximate surface area is 83.3 Å². The summed E-state index contributed by atoms with van der Waals surface area (Å²) in [4.78, 5) is 10.9. The highest BCUT2D eigenvalue weighted by Gasteiger charge is 2.08. The van der Waals surface area contributed by atoms with Crippen molar-refractivity contribution in [1.82, 2.24) is 0 Å². The molecule has 1 rings (SSSR count). The Balaban J connectivity index is 3.31. The van der Waals surface area contributed by atoms with Crippen LogP contribution in [-0.4, -0.2) is 10.9 Å². The Morgan fingerprint density at radius 2 is 2.17 bits per heavy atom. The number of benzene rings is 1. The zero-order chi connectivity index (χ0) is 9.30. The summed E-state index contributed by atoms with van der Waals surface area (Å²) in [6.07, 6.45) is 0. The normalized spacial score (nSPS) is 9.92. The molecule has 1 N–H and O–H groups in total. The van der Waals surface area contributed by atoms with E-state index in [1.165, 1.54) is 13.0 Å². The molecule has 2 nitrogen and oxygen atoms in total. The highest BCUT2D eigenvalue weighted by Crippen LogP contribution is 2.32. The number of aromatic hydroxyl groups is 1. The second-order valence-electron chi connectivity index (χ2n) is 2.35. The fourth-order valence-electron chi connectivity index (χ4n) is 0.778. The third-order valence-electron chi connectivity index (χ3n) is 1.42. The molecule has 0 saturated heterocycles. The third-order valence-corrected chi connectivity index (χ3v) is 2.67. The van der Waals surface area contributed by atoms with Crippen molar-refractivity contribution in [3.63, 3.8) is 0 Å². The molecule has 0 aliphatic carbocycles. The number of phenols is 1. The molecule has 0 fully saturated rings. The van der Waals surface area contributed by atoms with Crippen LogP contribution in [0.2, 0.25) is 5.02 Å². The summed E-state index contributed by atoms with van der Waals surface area (Å²) < 4.78 is 0.523. The van der Waals surface area contributed by atoms with E-state index in [1.54, 1.807) is 6.07 Å². The standard InChI is InChI=1S/C8H6BrClO2/c1-4(11)5-2-6(9)8(10)7(12)3-5/h2-3,12H,1H3. The SMILES string of the molecule is CC(=O)c1cc(O)c(Cl)c(Br)c1. The molecule has 0 heterocycles. The van der Waals surface area contributed by atoms with Crippen molar-refractivity contribution in [2.24, 2.45) is 0 Å². The van der Waals surface area contributed by atoms with E-state index in [1.807, 2.05) is 0 Å². The molecule has 0 bridgehead atoms. The van der Waals surface area contributed by atoms with E-state index < -0.39 is 0 Å². The Morgan fingerprint density at radius 3 is 2.58 bits per heavy atom. The van der Waals surface area contributed by atoms with Gasteiger partial charge in [-0.15, -0.1) is 0 Å². The van der Waals surface area contributed by atoms with Crippen molar-refractivity contribution in [3.8, 4) is 5.75 Å². The first kappa shape index (κ1) is 9.55. The molecular formula is C8H6BrClO2. The fourth-order valence-corrected chi connectivity index (χ4v) is 1.34. The van der Waals surface area contributed by atoms with Crippen LogP contribution in [0.15, 0.2) is 16.6 Å². The van der Waals surface area contributed by atoms with Crippen LogP contribution in [-0.2, 0) is 0 Å². The van der Waals surface area contributed by atoms with Crippen LogP contribution < -0.4 is 0 Å². The topological polar surface area (TPSA) is 37.3 Å². The van der Waals surface area contributed by atoms with E-state index in [4.69, 9.17) is 11.6 Å². The van der Waals surface area contributed by atoms with E-state index in [2.05, 4.69) is 15.9 Å². The summed E-state index contributed by atoms with van der Waals surface area (Å²) >= 11 is 8.77. The molecule has 0 aliphatic heterocycles. The summed E-state index contributed by atoms with van der Waals surface area (Å²) in [5, 5.41) is 9.44. The van der Waals surface area contributed by atoms with Crippen LogP contribution in [0.25, 0.3) is 0 Å². The van der Waals surface area contributed by atoms with Gasteiger partial charge in [0.15, 0.2) is 5.78 Å². The average molecular weight is 249 g/mol. The van der Waals surface area contributed by atoms with Gasteiger partial charge in [0.2, 0.25) is 0 Å². The molecule has 0 atom stereocenters. The second-order valence-corrected chi connectivity index (χ2v) is 3.58. The van der Waals surface area contributed by atoms with Crippen LogP contribution in [0.5, 0.6) is 5.75 Å². The predicted molar refractivity (Wildman–Crippen MR) is 50.8 cm³/mol.